The number of amides is 2. The van der Waals surface area contributed by atoms with E-state index < -0.39 is 36.8 Å². The van der Waals surface area contributed by atoms with Crippen LogP contribution < -0.4 is 15.6 Å². The topological polar surface area (TPSA) is 93.7 Å². The lowest BCUT2D eigenvalue weighted by atomic mass is 10.2. The Morgan fingerprint density at radius 1 is 1.00 bits per heavy atom. The molecule has 0 atom stereocenters. The van der Waals surface area contributed by atoms with Crippen molar-refractivity contribution in [2.24, 2.45) is 0 Å². The van der Waals surface area contributed by atoms with Crippen LogP contribution in [-0.4, -0.2) is 31.0 Å². The van der Waals surface area contributed by atoms with E-state index in [0.717, 1.165) is 6.07 Å². The van der Waals surface area contributed by atoms with Crippen LogP contribution in [0, 0.1) is 5.82 Å². The number of hydrogen-bond acceptors (Lipinski definition) is 5. The van der Waals surface area contributed by atoms with Gasteiger partial charge >= 0.3 is 5.97 Å². The van der Waals surface area contributed by atoms with Gasteiger partial charge in [-0.2, -0.15) is 0 Å². The summed E-state index contributed by atoms with van der Waals surface area (Å²) in [6.07, 6.45) is 0. The second kappa shape index (κ2) is 9.38. The van der Waals surface area contributed by atoms with Gasteiger partial charge in [0.2, 0.25) is 0 Å². The van der Waals surface area contributed by atoms with E-state index in [1.807, 2.05) is 0 Å². The molecule has 0 saturated heterocycles. The molecule has 136 valence electrons. The Morgan fingerprint density at radius 2 is 1.73 bits per heavy atom. The molecule has 0 radical (unpaired) electrons. The van der Waals surface area contributed by atoms with Crippen molar-refractivity contribution in [3.05, 3.63) is 64.9 Å². The summed E-state index contributed by atoms with van der Waals surface area (Å²) in [4.78, 5) is 34.8. The fraction of sp³-hybridized carbons (Fsp3) is 0.118. The summed E-state index contributed by atoms with van der Waals surface area (Å²) in [6.45, 7) is -1.11. The fourth-order valence-electron chi connectivity index (χ4n) is 1.72. The molecule has 2 rings (SSSR count). The molecule has 0 spiro atoms. The summed E-state index contributed by atoms with van der Waals surface area (Å²) in [5, 5.41) is 0.470. The second-order valence-electron chi connectivity index (χ2n) is 4.92. The molecule has 7 nitrogen and oxygen atoms in total. The molecule has 9 heteroatoms. The molecule has 0 bridgehead atoms. The number of esters is 1. The van der Waals surface area contributed by atoms with Gasteiger partial charge < -0.3 is 9.47 Å². The quantitative estimate of drug-likeness (QED) is 0.589. The molecule has 26 heavy (non-hydrogen) atoms. The van der Waals surface area contributed by atoms with Gasteiger partial charge in [-0.15, -0.1) is 0 Å². The molecule has 2 amide bonds. The molecule has 0 unspecified atom stereocenters. The minimum atomic E-state index is -0.826. The Bertz CT molecular complexity index is 798. The molecule has 0 aliphatic carbocycles. The molecule has 0 fully saturated rings. The van der Waals surface area contributed by atoms with Crippen molar-refractivity contribution < 1.29 is 28.2 Å². The van der Waals surface area contributed by atoms with E-state index in [4.69, 9.17) is 16.3 Å². The van der Waals surface area contributed by atoms with Crippen LogP contribution in [-0.2, 0) is 14.3 Å². The third kappa shape index (κ3) is 6.40. The minimum Gasteiger partial charge on any atom is -0.482 e. The van der Waals surface area contributed by atoms with Crippen LogP contribution in [0.1, 0.15) is 10.4 Å². The van der Waals surface area contributed by atoms with Gasteiger partial charge in [-0.1, -0.05) is 17.7 Å². The number of rotatable bonds is 6. The zero-order valence-electron chi connectivity index (χ0n) is 13.3. The highest BCUT2D eigenvalue weighted by Gasteiger charge is 2.10. The summed E-state index contributed by atoms with van der Waals surface area (Å²) in [7, 11) is 0. The number of hydrogen-bond donors (Lipinski definition) is 2. The highest BCUT2D eigenvalue weighted by Crippen LogP contribution is 2.11. The van der Waals surface area contributed by atoms with Gasteiger partial charge in [0.05, 0.1) is 0 Å². The molecule has 0 aliphatic rings. The lowest BCUT2D eigenvalue weighted by molar-refractivity contribution is -0.150. The van der Waals surface area contributed by atoms with Crippen molar-refractivity contribution in [1.29, 1.82) is 0 Å². The summed E-state index contributed by atoms with van der Waals surface area (Å²) in [6, 6.07) is 11.2. The molecular weight excluding hydrogens is 367 g/mol. The van der Waals surface area contributed by atoms with Crippen LogP contribution in [0.15, 0.2) is 48.5 Å². The molecule has 0 aromatic heterocycles. The van der Waals surface area contributed by atoms with Crippen molar-refractivity contribution in [3.8, 4) is 5.75 Å². The average Bonchev–Trinajstić information content (AvgIpc) is 2.63. The van der Waals surface area contributed by atoms with Crippen LogP contribution >= 0.6 is 11.6 Å². The van der Waals surface area contributed by atoms with E-state index >= 15 is 0 Å². The first-order valence-corrected chi connectivity index (χ1v) is 7.70. The van der Waals surface area contributed by atoms with Gasteiger partial charge in [-0.25, -0.2) is 9.18 Å². The molecule has 2 aromatic carbocycles. The van der Waals surface area contributed by atoms with E-state index in [9.17, 15) is 18.8 Å². The van der Waals surface area contributed by atoms with E-state index in [-0.39, 0.29) is 11.3 Å². The first-order valence-electron chi connectivity index (χ1n) is 7.33. The van der Waals surface area contributed by atoms with E-state index in [2.05, 4.69) is 15.6 Å². The number of halogens is 2. The Kier molecular flexibility index (Phi) is 6.92. The lowest BCUT2D eigenvalue weighted by Gasteiger charge is -2.09. The average molecular weight is 381 g/mol. The highest BCUT2D eigenvalue weighted by molar-refractivity contribution is 6.30. The summed E-state index contributed by atoms with van der Waals surface area (Å²) >= 11 is 5.71. The SMILES string of the molecule is O=C(COC(=O)COc1cccc(F)c1)NNC(=O)c1ccc(Cl)cc1. The van der Waals surface area contributed by atoms with Gasteiger partial charge in [-0.3, -0.25) is 20.4 Å². The summed E-state index contributed by atoms with van der Waals surface area (Å²) in [5.74, 6) is -2.48. The fourth-order valence-corrected chi connectivity index (χ4v) is 1.85. The predicted molar refractivity (Wildman–Crippen MR) is 89.9 cm³/mol. The van der Waals surface area contributed by atoms with Gasteiger partial charge in [-0.05, 0) is 36.4 Å². The Morgan fingerprint density at radius 3 is 2.42 bits per heavy atom. The first kappa shape index (κ1) is 19.2. The number of hydrazine groups is 1. The monoisotopic (exact) mass is 380 g/mol. The number of nitrogens with one attached hydrogen (secondary N) is 2. The molecule has 0 aliphatic heterocycles. The summed E-state index contributed by atoms with van der Waals surface area (Å²) < 4.78 is 22.6. The van der Waals surface area contributed by atoms with Gasteiger partial charge in [0.25, 0.3) is 11.8 Å². The molecule has 2 aromatic rings. The number of carbonyl (C=O) groups excluding carboxylic acids is 3. The van der Waals surface area contributed by atoms with Crippen molar-refractivity contribution in [1.82, 2.24) is 10.9 Å². The molecule has 2 N–H and O–H groups in total. The van der Waals surface area contributed by atoms with Crippen LogP contribution in [0.2, 0.25) is 5.02 Å². The summed E-state index contributed by atoms with van der Waals surface area (Å²) in [5.41, 5.74) is 4.54. The number of ether oxygens (including phenoxy) is 2. The zero-order chi connectivity index (χ0) is 18.9. The molecule has 0 saturated carbocycles. The van der Waals surface area contributed by atoms with Crippen molar-refractivity contribution in [2.45, 2.75) is 0 Å². The second-order valence-corrected chi connectivity index (χ2v) is 5.35. The third-order valence-electron chi connectivity index (χ3n) is 2.94. The van der Waals surface area contributed by atoms with Crippen LogP contribution in [0.4, 0.5) is 4.39 Å². The highest BCUT2D eigenvalue weighted by atomic mass is 35.5. The Balaban J connectivity index is 1.67. The Labute approximate surface area is 153 Å². The van der Waals surface area contributed by atoms with Crippen molar-refractivity contribution in [2.75, 3.05) is 13.2 Å². The smallest absolute Gasteiger partial charge is 0.344 e. The minimum absolute atomic E-state index is 0.154. The number of carbonyl (C=O) groups is 3. The van der Waals surface area contributed by atoms with E-state index in [1.54, 1.807) is 0 Å². The first-order chi connectivity index (χ1) is 12.4. The van der Waals surface area contributed by atoms with Gasteiger partial charge in [0.15, 0.2) is 13.2 Å². The van der Waals surface area contributed by atoms with Crippen LogP contribution in [0.25, 0.3) is 0 Å². The maximum absolute atomic E-state index is 12.9. The van der Waals surface area contributed by atoms with Crippen LogP contribution in [0.5, 0.6) is 5.75 Å². The van der Waals surface area contributed by atoms with Crippen molar-refractivity contribution in [3.63, 3.8) is 0 Å². The van der Waals surface area contributed by atoms with Crippen LogP contribution in [0.3, 0.4) is 0 Å². The molecule has 0 heterocycles. The maximum Gasteiger partial charge on any atom is 0.344 e. The zero-order valence-corrected chi connectivity index (χ0v) is 14.1. The van der Waals surface area contributed by atoms with Gasteiger partial charge in [0.1, 0.15) is 11.6 Å². The lowest BCUT2D eigenvalue weighted by Crippen LogP contribution is -2.43. The van der Waals surface area contributed by atoms with E-state index in [1.165, 1.54) is 42.5 Å². The van der Waals surface area contributed by atoms with Crippen molar-refractivity contribution >= 4 is 29.4 Å². The standard InChI is InChI=1S/C17H14ClFN2O5/c18-12-6-4-11(5-7-12)17(24)21-20-15(22)9-26-16(23)10-25-14-3-1-2-13(19)8-14/h1-8H,9-10H2,(H,20,22)(H,21,24). The largest absolute Gasteiger partial charge is 0.482 e. The third-order valence-corrected chi connectivity index (χ3v) is 3.19. The molecular formula is C17H14ClFN2O5. The van der Waals surface area contributed by atoms with E-state index in [0.29, 0.717) is 5.02 Å². The Hall–Kier alpha value is -3.13. The predicted octanol–water partition coefficient (Wildman–Crippen LogP) is 1.86. The maximum atomic E-state index is 12.9. The normalized spacial score (nSPS) is 9.92. The van der Waals surface area contributed by atoms with Gasteiger partial charge in [0, 0.05) is 16.7 Å². The number of benzene rings is 2.